The van der Waals surface area contributed by atoms with Crippen LogP contribution in [-0.2, 0) is 24.8 Å². The molecular formula is C20H21N3O3. The number of benzene rings is 2. The average molecular weight is 351 g/mol. The Morgan fingerprint density at radius 1 is 1.35 bits per heavy atom. The Balaban J connectivity index is 1.44. The smallest absolute Gasteiger partial charge is 0.227 e. The van der Waals surface area contributed by atoms with E-state index in [0.717, 1.165) is 33.7 Å². The molecule has 1 aliphatic heterocycles. The molecule has 1 atom stereocenters. The zero-order valence-corrected chi connectivity index (χ0v) is 14.9. The van der Waals surface area contributed by atoms with Gasteiger partial charge in [-0.25, -0.2) is 0 Å². The van der Waals surface area contributed by atoms with Crippen molar-refractivity contribution in [1.29, 1.82) is 0 Å². The fourth-order valence-electron chi connectivity index (χ4n) is 3.38. The monoisotopic (exact) mass is 351 g/mol. The number of ether oxygens (including phenoxy) is 2. The van der Waals surface area contributed by atoms with E-state index in [1.54, 1.807) is 7.11 Å². The molecule has 0 radical (unpaired) electrons. The van der Waals surface area contributed by atoms with Crippen molar-refractivity contribution in [1.82, 2.24) is 15.1 Å². The maximum atomic E-state index is 12.6. The molecule has 1 N–H and O–H groups in total. The number of amides is 1. The van der Waals surface area contributed by atoms with Crippen LogP contribution in [0.25, 0.3) is 10.9 Å². The van der Waals surface area contributed by atoms with Gasteiger partial charge in [-0.2, -0.15) is 5.10 Å². The summed E-state index contributed by atoms with van der Waals surface area (Å²) >= 11 is 0. The molecule has 0 unspecified atom stereocenters. The van der Waals surface area contributed by atoms with Gasteiger partial charge in [0.2, 0.25) is 5.91 Å². The molecule has 1 amide bonds. The highest BCUT2D eigenvalue weighted by molar-refractivity contribution is 5.83. The zero-order chi connectivity index (χ0) is 18.1. The summed E-state index contributed by atoms with van der Waals surface area (Å²) in [7, 11) is 3.54. The van der Waals surface area contributed by atoms with Gasteiger partial charge in [-0.05, 0) is 24.1 Å². The van der Waals surface area contributed by atoms with E-state index in [1.807, 2.05) is 54.2 Å². The van der Waals surface area contributed by atoms with Crippen LogP contribution in [0.5, 0.6) is 11.5 Å². The first-order valence-electron chi connectivity index (χ1n) is 8.63. The molecule has 4 rings (SSSR count). The summed E-state index contributed by atoms with van der Waals surface area (Å²) in [4.78, 5) is 12.6. The van der Waals surface area contributed by atoms with Crippen LogP contribution in [0.1, 0.15) is 11.3 Å². The molecule has 0 bridgehead atoms. The Labute approximate surface area is 151 Å². The number of aryl methyl sites for hydroxylation is 1. The Kier molecular flexibility index (Phi) is 4.24. The first-order valence-corrected chi connectivity index (χ1v) is 8.63. The van der Waals surface area contributed by atoms with Gasteiger partial charge in [-0.15, -0.1) is 0 Å². The fourth-order valence-corrected chi connectivity index (χ4v) is 3.38. The summed E-state index contributed by atoms with van der Waals surface area (Å²) in [5.41, 5.74) is 2.96. The molecule has 2 heterocycles. The number of aromatic nitrogens is 2. The van der Waals surface area contributed by atoms with Crippen molar-refractivity contribution in [2.24, 2.45) is 13.0 Å². The molecule has 0 saturated carbocycles. The second-order valence-corrected chi connectivity index (χ2v) is 6.49. The molecule has 26 heavy (non-hydrogen) atoms. The standard InChI is InChI=1S/C20H21N3O3/c1-23-18-6-4-3-5-16(18)17(22-23)11-21-20(24)14-9-13-7-8-15(25-2)10-19(13)26-12-14/h3-8,10,14H,9,11-12H2,1-2H3,(H,21,24)/t14-/m0/s1. The zero-order valence-electron chi connectivity index (χ0n) is 14.9. The van der Waals surface area contributed by atoms with Crippen LogP contribution in [0.3, 0.4) is 0 Å². The predicted octanol–water partition coefficient (Wildman–Crippen LogP) is 2.45. The number of fused-ring (bicyclic) bond motifs is 2. The number of nitrogens with zero attached hydrogens (tertiary/aromatic N) is 2. The van der Waals surface area contributed by atoms with Crippen molar-refractivity contribution >= 4 is 16.8 Å². The van der Waals surface area contributed by atoms with E-state index in [0.29, 0.717) is 19.6 Å². The highest BCUT2D eigenvalue weighted by atomic mass is 16.5. The molecule has 6 heteroatoms. The third kappa shape index (κ3) is 2.98. The molecule has 0 aliphatic carbocycles. The van der Waals surface area contributed by atoms with Crippen molar-refractivity contribution < 1.29 is 14.3 Å². The Morgan fingerprint density at radius 3 is 3.04 bits per heavy atom. The average Bonchev–Trinajstić information content (AvgIpc) is 3.01. The summed E-state index contributed by atoms with van der Waals surface area (Å²) in [5, 5.41) is 8.59. The number of hydrogen-bond acceptors (Lipinski definition) is 4. The lowest BCUT2D eigenvalue weighted by Gasteiger charge is -2.24. The van der Waals surface area contributed by atoms with Gasteiger partial charge in [-0.1, -0.05) is 24.3 Å². The van der Waals surface area contributed by atoms with Gasteiger partial charge in [0.1, 0.15) is 18.1 Å². The van der Waals surface area contributed by atoms with E-state index >= 15 is 0 Å². The molecule has 0 fully saturated rings. The van der Waals surface area contributed by atoms with Crippen LogP contribution in [-0.4, -0.2) is 29.4 Å². The maximum Gasteiger partial charge on any atom is 0.227 e. The van der Waals surface area contributed by atoms with Crippen LogP contribution >= 0.6 is 0 Å². The lowest BCUT2D eigenvalue weighted by Crippen LogP contribution is -2.37. The minimum atomic E-state index is -0.203. The normalized spacial score (nSPS) is 16.0. The SMILES string of the molecule is COc1ccc2c(c1)OC[C@@H](C(=O)NCc1nn(C)c3ccccc13)C2. The molecule has 3 aromatic rings. The third-order valence-electron chi connectivity index (χ3n) is 4.82. The van der Waals surface area contributed by atoms with Crippen LogP contribution in [0, 0.1) is 5.92 Å². The highest BCUT2D eigenvalue weighted by Gasteiger charge is 2.26. The van der Waals surface area contributed by atoms with Crippen LogP contribution < -0.4 is 14.8 Å². The largest absolute Gasteiger partial charge is 0.497 e. The number of methoxy groups -OCH3 is 1. The summed E-state index contributed by atoms with van der Waals surface area (Å²) in [6.07, 6.45) is 0.661. The first kappa shape index (κ1) is 16.4. The highest BCUT2D eigenvalue weighted by Crippen LogP contribution is 2.31. The van der Waals surface area contributed by atoms with Gasteiger partial charge in [0.25, 0.3) is 0 Å². The van der Waals surface area contributed by atoms with Crippen molar-refractivity contribution in [3.05, 3.63) is 53.7 Å². The van der Waals surface area contributed by atoms with E-state index in [1.165, 1.54) is 0 Å². The molecule has 0 spiro atoms. The lowest BCUT2D eigenvalue weighted by atomic mass is 9.96. The Bertz CT molecular complexity index is 964. The molecule has 134 valence electrons. The molecule has 0 saturated heterocycles. The van der Waals surface area contributed by atoms with Gasteiger partial charge in [0, 0.05) is 18.5 Å². The van der Waals surface area contributed by atoms with Gasteiger partial charge < -0.3 is 14.8 Å². The van der Waals surface area contributed by atoms with Gasteiger partial charge in [0.05, 0.1) is 30.8 Å². The quantitative estimate of drug-likeness (QED) is 0.784. The van der Waals surface area contributed by atoms with Gasteiger partial charge in [-0.3, -0.25) is 9.48 Å². The summed E-state index contributed by atoms with van der Waals surface area (Å²) in [6.45, 7) is 0.779. The molecule has 2 aromatic carbocycles. The molecule has 1 aromatic heterocycles. The number of carbonyl (C=O) groups is 1. The second-order valence-electron chi connectivity index (χ2n) is 6.49. The number of hydrogen-bond donors (Lipinski definition) is 1. The molecular weight excluding hydrogens is 330 g/mol. The van der Waals surface area contributed by atoms with E-state index in [-0.39, 0.29) is 11.8 Å². The van der Waals surface area contributed by atoms with Crippen molar-refractivity contribution in [3.8, 4) is 11.5 Å². The van der Waals surface area contributed by atoms with Crippen molar-refractivity contribution in [2.75, 3.05) is 13.7 Å². The van der Waals surface area contributed by atoms with Gasteiger partial charge >= 0.3 is 0 Å². The second kappa shape index (κ2) is 6.71. The minimum Gasteiger partial charge on any atom is -0.497 e. The minimum absolute atomic E-state index is 0.0128. The third-order valence-corrected chi connectivity index (χ3v) is 4.82. The molecule has 1 aliphatic rings. The summed E-state index contributed by atoms with van der Waals surface area (Å²) in [6, 6.07) is 13.7. The number of rotatable bonds is 4. The topological polar surface area (TPSA) is 65.4 Å². The Hall–Kier alpha value is -3.02. The van der Waals surface area contributed by atoms with Crippen molar-refractivity contribution in [3.63, 3.8) is 0 Å². The summed E-state index contributed by atoms with van der Waals surface area (Å²) in [5.74, 6) is 1.34. The molecule has 6 nitrogen and oxygen atoms in total. The van der Waals surface area contributed by atoms with Crippen molar-refractivity contribution in [2.45, 2.75) is 13.0 Å². The first-order chi connectivity index (χ1) is 12.7. The number of carbonyl (C=O) groups excluding carboxylic acids is 1. The van der Waals surface area contributed by atoms with Gasteiger partial charge in [0.15, 0.2) is 0 Å². The van der Waals surface area contributed by atoms with Crippen LogP contribution in [0.2, 0.25) is 0 Å². The predicted molar refractivity (Wildman–Crippen MR) is 98.2 cm³/mol. The van der Waals surface area contributed by atoms with Crippen LogP contribution in [0.4, 0.5) is 0 Å². The van der Waals surface area contributed by atoms with E-state index in [4.69, 9.17) is 9.47 Å². The van der Waals surface area contributed by atoms with E-state index in [9.17, 15) is 4.79 Å². The maximum absolute atomic E-state index is 12.6. The fraction of sp³-hybridized carbons (Fsp3) is 0.300. The number of nitrogens with one attached hydrogen (secondary N) is 1. The summed E-state index contributed by atoms with van der Waals surface area (Å²) < 4.78 is 12.8. The lowest BCUT2D eigenvalue weighted by molar-refractivity contribution is -0.126. The number of para-hydroxylation sites is 1. The van der Waals surface area contributed by atoms with E-state index < -0.39 is 0 Å². The van der Waals surface area contributed by atoms with Crippen LogP contribution in [0.15, 0.2) is 42.5 Å². The Morgan fingerprint density at radius 2 is 2.19 bits per heavy atom. The van der Waals surface area contributed by atoms with E-state index in [2.05, 4.69) is 10.4 Å².